The number of anilines is 1. The number of aromatic nitrogens is 1. The number of methoxy groups -OCH3 is 2. The average molecular weight is 320 g/mol. The Bertz CT molecular complexity index is 743. The highest BCUT2D eigenvalue weighted by molar-refractivity contribution is 5.47. The van der Waals surface area contributed by atoms with Crippen molar-refractivity contribution < 1.29 is 9.47 Å². The number of nitrogens with one attached hydrogen (secondary N) is 1. The van der Waals surface area contributed by atoms with Crippen molar-refractivity contribution in [1.82, 2.24) is 4.98 Å². The summed E-state index contributed by atoms with van der Waals surface area (Å²) >= 11 is 0. The Hall–Kier alpha value is -3.01. The Kier molecular flexibility index (Phi) is 4.96. The van der Waals surface area contributed by atoms with E-state index in [1.165, 1.54) is 0 Å². The van der Waals surface area contributed by atoms with Crippen molar-refractivity contribution in [2.75, 3.05) is 19.5 Å². The number of hydrogen-bond acceptors (Lipinski definition) is 4. The molecule has 4 heteroatoms. The Morgan fingerprint density at radius 2 is 1.42 bits per heavy atom. The molecule has 24 heavy (non-hydrogen) atoms. The van der Waals surface area contributed by atoms with Crippen LogP contribution in [0.15, 0.2) is 72.9 Å². The van der Waals surface area contributed by atoms with Crippen molar-refractivity contribution >= 4 is 5.82 Å². The van der Waals surface area contributed by atoms with Crippen LogP contribution in [-0.2, 0) is 0 Å². The number of nitrogens with zero attached hydrogens (tertiary/aromatic N) is 1. The fourth-order valence-electron chi connectivity index (χ4n) is 2.60. The Balaban J connectivity index is 2.02. The standard InChI is InChI=1S/C20H20N2O2/c1-23-17-9-5-7-15(13-17)20(22-19-11-3-4-12-21-19)16-8-6-10-18(14-16)24-2/h3-14,20H,1-2H3,(H,21,22). The third kappa shape index (κ3) is 3.66. The summed E-state index contributed by atoms with van der Waals surface area (Å²) in [6.45, 7) is 0. The first-order chi connectivity index (χ1) is 11.8. The van der Waals surface area contributed by atoms with Gasteiger partial charge in [-0.1, -0.05) is 30.3 Å². The van der Waals surface area contributed by atoms with Crippen molar-refractivity contribution in [1.29, 1.82) is 0 Å². The van der Waals surface area contributed by atoms with E-state index in [-0.39, 0.29) is 6.04 Å². The van der Waals surface area contributed by atoms with Gasteiger partial charge in [-0.25, -0.2) is 4.98 Å². The molecule has 0 amide bonds. The van der Waals surface area contributed by atoms with E-state index in [2.05, 4.69) is 22.4 Å². The molecule has 0 spiro atoms. The molecule has 122 valence electrons. The van der Waals surface area contributed by atoms with Crippen LogP contribution in [0.2, 0.25) is 0 Å². The van der Waals surface area contributed by atoms with Gasteiger partial charge in [0.05, 0.1) is 20.3 Å². The Morgan fingerprint density at radius 1 is 0.792 bits per heavy atom. The lowest BCUT2D eigenvalue weighted by molar-refractivity contribution is 0.413. The summed E-state index contributed by atoms with van der Waals surface area (Å²) in [7, 11) is 3.34. The van der Waals surface area contributed by atoms with E-state index in [1.54, 1.807) is 20.4 Å². The van der Waals surface area contributed by atoms with Crippen molar-refractivity contribution in [2.45, 2.75) is 6.04 Å². The van der Waals surface area contributed by atoms with Crippen molar-refractivity contribution in [2.24, 2.45) is 0 Å². The van der Waals surface area contributed by atoms with Crippen LogP contribution in [0.1, 0.15) is 17.2 Å². The normalized spacial score (nSPS) is 10.5. The van der Waals surface area contributed by atoms with E-state index in [0.717, 1.165) is 28.4 Å². The van der Waals surface area contributed by atoms with Crippen molar-refractivity contribution in [3.63, 3.8) is 0 Å². The van der Waals surface area contributed by atoms with Gasteiger partial charge >= 0.3 is 0 Å². The van der Waals surface area contributed by atoms with Crippen LogP contribution in [0.25, 0.3) is 0 Å². The highest BCUT2D eigenvalue weighted by Gasteiger charge is 2.16. The van der Waals surface area contributed by atoms with E-state index in [4.69, 9.17) is 9.47 Å². The van der Waals surface area contributed by atoms with Crippen LogP contribution >= 0.6 is 0 Å². The van der Waals surface area contributed by atoms with Crippen LogP contribution < -0.4 is 14.8 Å². The van der Waals surface area contributed by atoms with Crippen LogP contribution in [0.3, 0.4) is 0 Å². The maximum Gasteiger partial charge on any atom is 0.126 e. The Morgan fingerprint density at radius 3 is 1.92 bits per heavy atom. The number of pyridine rings is 1. The predicted octanol–water partition coefficient (Wildman–Crippen LogP) is 4.30. The molecule has 3 aromatic rings. The van der Waals surface area contributed by atoms with Crippen LogP contribution in [0, 0.1) is 0 Å². The molecule has 1 aromatic heterocycles. The molecule has 0 saturated carbocycles. The van der Waals surface area contributed by atoms with Crippen LogP contribution in [0.5, 0.6) is 11.5 Å². The van der Waals surface area contributed by atoms with Crippen molar-refractivity contribution in [3.05, 3.63) is 84.1 Å². The molecule has 4 nitrogen and oxygen atoms in total. The lowest BCUT2D eigenvalue weighted by atomic mass is 9.98. The highest BCUT2D eigenvalue weighted by Crippen LogP contribution is 2.30. The minimum atomic E-state index is -0.0647. The largest absolute Gasteiger partial charge is 0.497 e. The molecule has 3 rings (SSSR count). The molecule has 0 bridgehead atoms. The van der Waals surface area contributed by atoms with Gasteiger partial charge < -0.3 is 14.8 Å². The topological polar surface area (TPSA) is 43.4 Å². The highest BCUT2D eigenvalue weighted by atomic mass is 16.5. The summed E-state index contributed by atoms with van der Waals surface area (Å²) in [5, 5.41) is 3.49. The van der Waals surface area contributed by atoms with E-state index >= 15 is 0 Å². The van der Waals surface area contributed by atoms with Gasteiger partial charge in [-0.05, 0) is 47.5 Å². The fraction of sp³-hybridized carbons (Fsp3) is 0.150. The summed E-state index contributed by atoms with van der Waals surface area (Å²) < 4.78 is 10.7. The molecule has 0 aliphatic carbocycles. The third-order valence-corrected chi connectivity index (χ3v) is 3.81. The van der Waals surface area contributed by atoms with E-state index < -0.39 is 0 Å². The third-order valence-electron chi connectivity index (χ3n) is 3.81. The average Bonchev–Trinajstić information content (AvgIpc) is 2.67. The van der Waals surface area contributed by atoms with E-state index in [9.17, 15) is 0 Å². The van der Waals surface area contributed by atoms with E-state index in [1.807, 2.05) is 54.6 Å². The lowest BCUT2D eigenvalue weighted by Gasteiger charge is -2.21. The lowest BCUT2D eigenvalue weighted by Crippen LogP contribution is -2.13. The first-order valence-electron chi connectivity index (χ1n) is 7.75. The number of benzene rings is 2. The van der Waals surface area contributed by atoms with Gasteiger partial charge in [-0.15, -0.1) is 0 Å². The van der Waals surface area contributed by atoms with Gasteiger partial charge in [0.1, 0.15) is 17.3 Å². The SMILES string of the molecule is COc1cccc(C(Nc2ccccn2)c2cccc(OC)c2)c1. The molecule has 0 radical (unpaired) electrons. The van der Waals surface area contributed by atoms with Gasteiger partial charge in [-0.3, -0.25) is 0 Å². The maximum absolute atomic E-state index is 5.37. The zero-order chi connectivity index (χ0) is 16.8. The second kappa shape index (κ2) is 7.51. The van der Waals surface area contributed by atoms with Gasteiger partial charge in [-0.2, -0.15) is 0 Å². The molecule has 0 aliphatic heterocycles. The second-order valence-corrected chi connectivity index (χ2v) is 5.35. The summed E-state index contributed by atoms with van der Waals surface area (Å²) in [6.07, 6.45) is 1.77. The summed E-state index contributed by atoms with van der Waals surface area (Å²) in [6, 6.07) is 21.8. The van der Waals surface area contributed by atoms with Gasteiger partial charge in [0.25, 0.3) is 0 Å². The van der Waals surface area contributed by atoms with Gasteiger partial charge in [0, 0.05) is 6.20 Å². The molecule has 0 atom stereocenters. The molecule has 0 unspecified atom stereocenters. The summed E-state index contributed by atoms with van der Waals surface area (Å²) in [5.41, 5.74) is 2.18. The molecule has 1 N–H and O–H groups in total. The first kappa shape index (κ1) is 15.9. The summed E-state index contributed by atoms with van der Waals surface area (Å²) in [4.78, 5) is 4.38. The molecule has 0 fully saturated rings. The number of ether oxygens (including phenoxy) is 2. The zero-order valence-corrected chi connectivity index (χ0v) is 13.8. The molecule has 1 heterocycles. The minimum absolute atomic E-state index is 0.0647. The molecular weight excluding hydrogens is 300 g/mol. The molecule has 2 aromatic carbocycles. The van der Waals surface area contributed by atoms with Crippen molar-refractivity contribution in [3.8, 4) is 11.5 Å². The van der Waals surface area contributed by atoms with E-state index in [0.29, 0.717) is 0 Å². The zero-order valence-electron chi connectivity index (χ0n) is 13.8. The quantitative estimate of drug-likeness (QED) is 0.735. The molecule has 0 saturated heterocycles. The smallest absolute Gasteiger partial charge is 0.126 e. The molecule has 0 aliphatic rings. The fourth-order valence-corrected chi connectivity index (χ4v) is 2.60. The number of hydrogen-bond donors (Lipinski definition) is 1. The minimum Gasteiger partial charge on any atom is -0.497 e. The van der Waals surface area contributed by atoms with Crippen LogP contribution in [-0.4, -0.2) is 19.2 Å². The first-order valence-corrected chi connectivity index (χ1v) is 7.75. The predicted molar refractivity (Wildman–Crippen MR) is 95.7 cm³/mol. The van der Waals surface area contributed by atoms with Gasteiger partial charge in [0.15, 0.2) is 0 Å². The van der Waals surface area contributed by atoms with Crippen LogP contribution in [0.4, 0.5) is 5.82 Å². The van der Waals surface area contributed by atoms with Gasteiger partial charge in [0.2, 0.25) is 0 Å². The second-order valence-electron chi connectivity index (χ2n) is 5.35. The monoisotopic (exact) mass is 320 g/mol. The summed E-state index contributed by atoms with van der Waals surface area (Å²) in [5.74, 6) is 2.46. The Labute approximate surface area is 142 Å². The molecular formula is C20H20N2O2. The maximum atomic E-state index is 5.37. The number of rotatable bonds is 6.